The van der Waals surface area contributed by atoms with Gasteiger partial charge < -0.3 is 10.4 Å². The molecule has 0 radical (unpaired) electrons. The first-order valence-electron chi connectivity index (χ1n) is 7.14. The van der Waals surface area contributed by atoms with Crippen LogP contribution in [-0.4, -0.2) is 24.3 Å². The van der Waals surface area contributed by atoms with E-state index in [4.69, 9.17) is 0 Å². The van der Waals surface area contributed by atoms with Gasteiger partial charge in [-0.1, -0.05) is 32.6 Å². The quantitative estimate of drug-likeness (QED) is 0.698. The Bertz CT molecular complexity index is 197. The van der Waals surface area contributed by atoms with Crippen molar-refractivity contribution in [1.29, 1.82) is 0 Å². The second kappa shape index (κ2) is 6.02. The van der Waals surface area contributed by atoms with E-state index in [1.54, 1.807) is 0 Å². The van der Waals surface area contributed by atoms with Crippen molar-refractivity contribution in [2.75, 3.05) is 13.1 Å². The molecule has 2 rings (SSSR count). The van der Waals surface area contributed by atoms with Crippen LogP contribution in [-0.2, 0) is 0 Å². The smallest absolute Gasteiger partial charge is 0.0667 e. The molecule has 2 saturated carbocycles. The van der Waals surface area contributed by atoms with Gasteiger partial charge in [-0.25, -0.2) is 0 Å². The normalized spacial score (nSPS) is 25.9. The van der Waals surface area contributed by atoms with Gasteiger partial charge in [0.25, 0.3) is 0 Å². The van der Waals surface area contributed by atoms with E-state index in [0.29, 0.717) is 0 Å². The van der Waals surface area contributed by atoms with Gasteiger partial charge in [0, 0.05) is 6.54 Å². The van der Waals surface area contributed by atoms with Crippen molar-refractivity contribution in [1.82, 2.24) is 5.32 Å². The lowest BCUT2D eigenvalue weighted by atomic mass is 10.00. The third kappa shape index (κ3) is 4.06. The van der Waals surface area contributed by atoms with Gasteiger partial charge in [0.2, 0.25) is 0 Å². The lowest BCUT2D eigenvalue weighted by Crippen LogP contribution is -2.31. The van der Waals surface area contributed by atoms with Gasteiger partial charge in [0.15, 0.2) is 0 Å². The van der Waals surface area contributed by atoms with Crippen LogP contribution in [0.4, 0.5) is 0 Å². The predicted molar refractivity (Wildman–Crippen MR) is 67.3 cm³/mol. The zero-order chi connectivity index (χ0) is 11.4. The minimum atomic E-state index is -0.116. The fourth-order valence-electron chi connectivity index (χ4n) is 3.02. The van der Waals surface area contributed by atoms with Crippen molar-refractivity contribution in [3.8, 4) is 0 Å². The van der Waals surface area contributed by atoms with Crippen LogP contribution in [0.2, 0.25) is 0 Å². The van der Waals surface area contributed by atoms with Crippen molar-refractivity contribution in [2.45, 2.75) is 58.0 Å². The molecule has 0 aromatic carbocycles. The summed E-state index contributed by atoms with van der Waals surface area (Å²) in [5.74, 6) is 2.58. The first-order chi connectivity index (χ1) is 7.75. The highest BCUT2D eigenvalue weighted by atomic mass is 16.3. The van der Waals surface area contributed by atoms with Gasteiger partial charge in [-0.05, 0) is 43.6 Å². The van der Waals surface area contributed by atoms with Crippen LogP contribution in [0.25, 0.3) is 0 Å². The highest BCUT2D eigenvalue weighted by Crippen LogP contribution is 2.36. The molecule has 2 aliphatic carbocycles. The third-order valence-corrected chi connectivity index (χ3v) is 4.35. The predicted octanol–water partition coefficient (Wildman–Crippen LogP) is 2.56. The largest absolute Gasteiger partial charge is 0.392 e. The number of hydrogen-bond donors (Lipinski definition) is 2. The summed E-state index contributed by atoms with van der Waals surface area (Å²) in [6, 6.07) is 0. The molecule has 0 aliphatic heterocycles. The van der Waals surface area contributed by atoms with Crippen LogP contribution in [0.15, 0.2) is 0 Å². The Morgan fingerprint density at radius 3 is 2.44 bits per heavy atom. The summed E-state index contributed by atoms with van der Waals surface area (Å²) in [5.41, 5.74) is 0. The first kappa shape index (κ1) is 12.4. The summed E-state index contributed by atoms with van der Waals surface area (Å²) < 4.78 is 0. The topological polar surface area (TPSA) is 32.3 Å². The van der Waals surface area contributed by atoms with E-state index in [-0.39, 0.29) is 6.10 Å². The zero-order valence-electron chi connectivity index (χ0n) is 10.6. The summed E-state index contributed by atoms with van der Waals surface area (Å²) in [7, 11) is 0. The maximum atomic E-state index is 9.91. The molecule has 0 aromatic heterocycles. The summed E-state index contributed by atoms with van der Waals surface area (Å²) >= 11 is 0. The number of rotatable bonds is 7. The second-order valence-corrected chi connectivity index (χ2v) is 6.01. The van der Waals surface area contributed by atoms with Gasteiger partial charge in [-0.15, -0.1) is 0 Å². The number of aliphatic hydroxyl groups is 1. The van der Waals surface area contributed by atoms with E-state index >= 15 is 0 Å². The highest BCUT2D eigenvalue weighted by molar-refractivity contribution is 4.80. The molecule has 2 atom stereocenters. The fourth-order valence-corrected chi connectivity index (χ4v) is 3.02. The lowest BCUT2D eigenvalue weighted by Gasteiger charge is -2.17. The molecule has 0 spiro atoms. The van der Waals surface area contributed by atoms with Crippen LogP contribution in [0, 0.1) is 17.8 Å². The average molecular weight is 225 g/mol. The number of aliphatic hydroxyl groups excluding tert-OH is 1. The zero-order valence-corrected chi connectivity index (χ0v) is 10.6. The van der Waals surface area contributed by atoms with Gasteiger partial charge in [0.1, 0.15) is 0 Å². The van der Waals surface area contributed by atoms with Crippen LogP contribution < -0.4 is 5.32 Å². The van der Waals surface area contributed by atoms with E-state index in [9.17, 15) is 5.11 Å². The molecule has 0 saturated heterocycles. The van der Waals surface area contributed by atoms with E-state index in [1.807, 2.05) is 0 Å². The number of hydrogen-bond acceptors (Lipinski definition) is 2. The minimum absolute atomic E-state index is 0.116. The van der Waals surface area contributed by atoms with Crippen molar-refractivity contribution in [3.05, 3.63) is 0 Å². The molecule has 0 bridgehead atoms. The molecule has 2 nitrogen and oxygen atoms in total. The summed E-state index contributed by atoms with van der Waals surface area (Å²) in [4.78, 5) is 0. The Morgan fingerprint density at radius 2 is 1.81 bits per heavy atom. The van der Waals surface area contributed by atoms with Gasteiger partial charge in [-0.3, -0.25) is 0 Å². The fraction of sp³-hybridized carbons (Fsp3) is 1.00. The first-order valence-corrected chi connectivity index (χ1v) is 7.14. The van der Waals surface area contributed by atoms with Crippen molar-refractivity contribution in [2.24, 2.45) is 17.8 Å². The van der Waals surface area contributed by atoms with E-state index in [1.165, 1.54) is 38.5 Å². The van der Waals surface area contributed by atoms with E-state index in [0.717, 1.165) is 37.3 Å². The Morgan fingerprint density at radius 1 is 1.12 bits per heavy atom. The molecule has 16 heavy (non-hydrogen) atoms. The Labute approximate surface area is 99.8 Å². The summed E-state index contributed by atoms with van der Waals surface area (Å²) in [6.45, 7) is 4.22. The van der Waals surface area contributed by atoms with Gasteiger partial charge >= 0.3 is 0 Å². The standard InChI is InChI=1S/C14H27NO/c1-11(13-6-7-13)9-15-10-14(16)8-12-4-2-3-5-12/h11-16H,2-10H2,1H3. The van der Waals surface area contributed by atoms with Crippen LogP contribution >= 0.6 is 0 Å². The monoisotopic (exact) mass is 225 g/mol. The summed E-state index contributed by atoms with van der Waals surface area (Å²) in [5, 5.41) is 13.3. The van der Waals surface area contributed by atoms with Gasteiger partial charge in [0.05, 0.1) is 6.10 Å². The number of nitrogens with one attached hydrogen (secondary N) is 1. The lowest BCUT2D eigenvalue weighted by molar-refractivity contribution is 0.139. The van der Waals surface area contributed by atoms with E-state index in [2.05, 4.69) is 12.2 Å². The molecule has 2 unspecified atom stereocenters. The van der Waals surface area contributed by atoms with Crippen molar-refractivity contribution in [3.63, 3.8) is 0 Å². The Balaban J connectivity index is 1.50. The maximum absolute atomic E-state index is 9.91. The summed E-state index contributed by atoms with van der Waals surface area (Å²) in [6.07, 6.45) is 9.19. The third-order valence-electron chi connectivity index (χ3n) is 4.35. The molecular formula is C14H27NO. The Hall–Kier alpha value is -0.0800. The minimum Gasteiger partial charge on any atom is -0.392 e. The Kier molecular flexibility index (Phi) is 4.66. The van der Waals surface area contributed by atoms with Crippen LogP contribution in [0.1, 0.15) is 51.9 Å². The molecule has 2 N–H and O–H groups in total. The average Bonchev–Trinajstić information content (AvgIpc) is 2.99. The van der Waals surface area contributed by atoms with E-state index < -0.39 is 0 Å². The highest BCUT2D eigenvalue weighted by Gasteiger charge is 2.27. The molecule has 0 heterocycles. The molecule has 0 amide bonds. The molecule has 2 heteroatoms. The van der Waals surface area contributed by atoms with Crippen LogP contribution in [0.5, 0.6) is 0 Å². The van der Waals surface area contributed by atoms with Crippen molar-refractivity contribution < 1.29 is 5.11 Å². The maximum Gasteiger partial charge on any atom is 0.0667 e. The molecule has 0 aromatic rings. The molecule has 2 fully saturated rings. The van der Waals surface area contributed by atoms with Gasteiger partial charge in [-0.2, -0.15) is 0 Å². The van der Waals surface area contributed by atoms with Crippen LogP contribution in [0.3, 0.4) is 0 Å². The SMILES string of the molecule is CC(CNCC(O)CC1CCCC1)C1CC1. The molecular weight excluding hydrogens is 198 g/mol. The second-order valence-electron chi connectivity index (χ2n) is 6.01. The van der Waals surface area contributed by atoms with Crippen molar-refractivity contribution >= 4 is 0 Å². The molecule has 94 valence electrons. The molecule has 2 aliphatic rings.